The minimum Gasteiger partial charge on any atom is -0.463 e. The molecule has 0 aliphatic carbocycles. The molecule has 0 radical (unpaired) electrons. The van der Waals surface area contributed by atoms with Gasteiger partial charge in [-0.25, -0.2) is 9.13 Å². The van der Waals surface area contributed by atoms with Crippen molar-refractivity contribution in [3.63, 3.8) is 0 Å². The molecular weight excluding hydrogens is 1510 g/mol. The first kappa shape index (κ1) is 111. The molecule has 0 aromatic carbocycles. The fourth-order valence-corrected chi connectivity index (χ4v) is 13.6. The van der Waals surface area contributed by atoms with E-state index in [0.29, 0.717) is 19.3 Å². The summed E-state index contributed by atoms with van der Waals surface area (Å²) in [5.41, 5.74) is 0. The summed E-state index contributed by atoms with van der Waals surface area (Å²) in [5.74, 6) is -1.60. The van der Waals surface area contributed by atoms with E-state index in [2.05, 4.69) is 215 Å². The molecular formula is C99H164O16P2. The molecule has 0 heterocycles. The third-order valence-corrected chi connectivity index (χ3v) is 20.7. The molecule has 0 rings (SSSR count). The highest BCUT2D eigenvalue weighted by Gasteiger charge is 2.29. The number of esters is 3. The normalized spacial score (nSPS) is 14.7. The first-order valence-electron chi connectivity index (χ1n) is 45.7. The molecule has 5 unspecified atom stereocenters. The van der Waals surface area contributed by atoms with Gasteiger partial charge in [-0.15, -0.1) is 0 Å². The van der Waals surface area contributed by atoms with Gasteiger partial charge in [-0.05, 0) is 161 Å². The van der Waals surface area contributed by atoms with Gasteiger partial charge in [0, 0.05) is 19.3 Å². The zero-order chi connectivity index (χ0) is 85.1. The zero-order valence-electron chi connectivity index (χ0n) is 73.3. The van der Waals surface area contributed by atoms with Crippen molar-refractivity contribution >= 4 is 33.6 Å². The predicted octanol–water partition coefficient (Wildman–Crippen LogP) is 28.2. The maximum absolute atomic E-state index is 13.1. The minimum absolute atomic E-state index is 0.0799. The smallest absolute Gasteiger partial charge is 0.463 e. The van der Waals surface area contributed by atoms with E-state index in [4.69, 9.17) is 32.3 Å². The number of aliphatic hydroxyl groups excluding tert-OH is 2. The van der Waals surface area contributed by atoms with E-state index in [-0.39, 0.29) is 19.3 Å². The molecule has 0 fully saturated rings. The average molecular weight is 1670 g/mol. The van der Waals surface area contributed by atoms with Crippen molar-refractivity contribution in [1.82, 2.24) is 0 Å². The summed E-state index contributed by atoms with van der Waals surface area (Å²) in [4.78, 5) is 59.0. The summed E-state index contributed by atoms with van der Waals surface area (Å²) >= 11 is 0. The fraction of sp³-hybridized carbons (Fsp3) is 0.646. The second-order valence-corrected chi connectivity index (χ2v) is 32.9. The number of hydrogen-bond acceptors (Lipinski definition) is 14. The molecule has 0 spiro atoms. The van der Waals surface area contributed by atoms with Gasteiger partial charge in [0.25, 0.3) is 0 Å². The van der Waals surface area contributed by atoms with Gasteiger partial charge in [0.1, 0.15) is 25.4 Å². The molecule has 0 aliphatic rings. The molecule has 117 heavy (non-hydrogen) atoms. The van der Waals surface area contributed by atoms with Gasteiger partial charge in [0.05, 0.1) is 26.4 Å². The molecule has 0 saturated heterocycles. The summed E-state index contributed by atoms with van der Waals surface area (Å²) in [6, 6.07) is 0. The topological polar surface area (TPSA) is 231 Å². The van der Waals surface area contributed by atoms with Gasteiger partial charge in [0.15, 0.2) is 6.10 Å². The van der Waals surface area contributed by atoms with Crippen molar-refractivity contribution in [2.75, 3.05) is 39.6 Å². The lowest BCUT2D eigenvalue weighted by atomic mass is 10.0. The fourth-order valence-electron chi connectivity index (χ4n) is 12.0. The van der Waals surface area contributed by atoms with Gasteiger partial charge in [-0.1, -0.05) is 369 Å². The van der Waals surface area contributed by atoms with Crippen LogP contribution in [0, 0.1) is 0 Å². The highest BCUT2D eigenvalue weighted by molar-refractivity contribution is 7.47. The third-order valence-electron chi connectivity index (χ3n) is 18.8. The van der Waals surface area contributed by atoms with Crippen LogP contribution in [-0.4, -0.2) is 95.9 Å². The maximum Gasteiger partial charge on any atom is 0.472 e. The Balaban J connectivity index is 4.68. The molecule has 0 aromatic rings. The van der Waals surface area contributed by atoms with Crippen LogP contribution < -0.4 is 0 Å². The number of carbonyl (C=O) groups is 3. The lowest BCUT2D eigenvalue weighted by molar-refractivity contribution is -0.161. The van der Waals surface area contributed by atoms with E-state index < -0.39 is 91.5 Å². The molecule has 4 N–H and O–H groups in total. The van der Waals surface area contributed by atoms with Gasteiger partial charge in [-0.2, -0.15) is 0 Å². The van der Waals surface area contributed by atoms with Crippen LogP contribution in [0.3, 0.4) is 0 Å². The number of carbonyl (C=O) groups excluding carboxylic acids is 3. The number of rotatable bonds is 85. The SMILES string of the molecule is CC/C=C\C/C=C\C/C=C\C/C=C\C/C=C\C/C=C\CCCCCCCCC(=O)OC(COC(=O)CCCCCCCCCCCCC/C=C\C/C=C\C/C=C\C/C=C\C/C=C\CC)COP(=O)(O)OCC(O)COP(=O)(O)OCC(O)COC(=O)CCCCCCCCCCCCCCC/C=C\C/C=C\C/C=C\C/C=C\C/C=C\CC. The van der Waals surface area contributed by atoms with E-state index >= 15 is 0 Å². The highest BCUT2D eigenvalue weighted by atomic mass is 31.2. The van der Waals surface area contributed by atoms with Crippen LogP contribution >= 0.6 is 15.6 Å². The monoisotopic (exact) mass is 1670 g/mol. The van der Waals surface area contributed by atoms with Crippen LogP contribution in [0.15, 0.2) is 194 Å². The van der Waals surface area contributed by atoms with E-state index in [0.717, 1.165) is 199 Å². The molecule has 18 heteroatoms. The summed E-state index contributed by atoms with van der Waals surface area (Å²) in [6.07, 6.45) is 119. The van der Waals surface area contributed by atoms with Crippen molar-refractivity contribution in [3.8, 4) is 0 Å². The van der Waals surface area contributed by atoms with Crippen LogP contribution in [0.2, 0.25) is 0 Å². The van der Waals surface area contributed by atoms with Crippen LogP contribution in [0.25, 0.3) is 0 Å². The molecule has 0 aromatic heterocycles. The number of ether oxygens (including phenoxy) is 3. The van der Waals surface area contributed by atoms with Crippen molar-refractivity contribution in [2.45, 2.75) is 373 Å². The quantitative estimate of drug-likeness (QED) is 0.0146. The minimum atomic E-state index is -4.95. The number of allylic oxidation sites excluding steroid dienone is 32. The maximum atomic E-state index is 13.1. The second-order valence-electron chi connectivity index (χ2n) is 30.0. The molecule has 0 amide bonds. The van der Waals surface area contributed by atoms with Crippen molar-refractivity contribution in [3.05, 3.63) is 194 Å². The van der Waals surface area contributed by atoms with Crippen molar-refractivity contribution in [2.24, 2.45) is 0 Å². The lowest BCUT2D eigenvalue weighted by Crippen LogP contribution is -2.30. The van der Waals surface area contributed by atoms with Crippen LogP contribution in [-0.2, 0) is 55.8 Å². The Morgan fingerprint density at radius 3 is 0.675 bits per heavy atom. The first-order chi connectivity index (χ1) is 57.2. The molecule has 0 bridgehead atoms. The van der Waals surface area contributed by atoms with Crippen LogP contribution in [0.1, 0.15) is 355 Å². The predicted molar refractivity (Wildman–Crippen MR) is 491 cm³/mol. The summed E-state index contributed by atoms with van der Waals surface area (Å²) < 4.78 is 61.5. The Morgan fingerprint density at radius 1 is 0.239 bits per heavy atom. The van der Waals surface area contributed by atoms with E-state index in [1.807, 2.05) is 0 Å². The number of phosphoric acid groups is 2. The number of unbranched alkanes of at least 4 members (excludes halogenated alkanes) is 30. The summed E-state index contributed by atoms with van der Waals surface area (Å²) in [6.45, 7) is 2.35. The van der Waals surface area contributed by atoms with Gasteiger partial charge < -0.3 is 34.2 Å². The highest BCUT2D eigenvalue weighted by Crippen LogP contribution is 2.45. The third kappa shape index (κ3) is 91.0. The second kappa shape index (κ2) is 89.6. The first-order valence-corrected chi connectivity index (χ1v) is 48.7. The molecule has 0 saturated carbocycles. The Kier molecular flexibility index (Phi) is 85.3. The van der Waals surface area contributed by atoms with Crippen LogP contribution in [0.5, 0.6) is 0 Å². The van der Waals surface area contributed by atoms with E-state index in [9.17, 15) is 43.5 Å². The molecule has 16 nitrogen and oxygen atoms in total. The number of phosphoric ester groups is 2. The number of aliphatic hydroxyl groups is 2. The van der Waals surface area contributed by atoms with Gasteiger partial charge >= 0.3 is 33.6 Å². The Morgan fingerprint density at radius 2 is 0.427 bits per heavy atom. The average Bonchev–Trinajstić information content (AvgIpc) is 0.907. The lowest BCUT2D eigenvalue weighted by Gasteiger charge is -2.21. The number of hydrogen-bond donors (Lipinski definition) is 4. The standard InChI is InChI=1S/C99H164O16P2/c1-4-7-10-13-16-19-22-25-28-31-34-37-40-43-45-46-48-51-52-55-58-61-64-67-70-73-76-79-82-85-97(102)109-88-94(100)89-111-116(105,106)112-90-95(101)91-113-117(107,108)114-93-96(115-99(104)87-84-81-78-75-72-69-66-63-60-57-54-49-42-39-36-33-30-27-24-21-18-15-12-9-6-3)92-110-98(103)86-83-80-77-74-71-68-65-62-59-56-53-50-47-44-41-38-35-32-29-26-23-20-17-14-11-8-5-2/h7-12,16-21,25-30,34-39,43-45,47,49,54,60,63,94-96,100-101H,4-6,13-15,22-24,31-33,40-42,46,48,50-53,55-59,61-62,64-93H2,1-3H3,(H,105,106)(H,107,108)/b10-7-,11-8-,12-9-,19-16-,20-17-,21-18-,28-25-,29-26-,30-27-,37-34-,38-35-,39-36-,45-43-,47-44-,54-49-,63-60-. The Labute approximate surface area is 712 Å². The summed E-state index contributed by atoms with van der Waals surface area (Å²) in [5, 5.41) is 20.7. The summed E-state index contributed by atoms with van der Waals surface area (Å²) in [7, 11) is -9.82. The van der Waals surface area contributed by atoms with E-state index in [1.165, 1.54) is 96.3 Å². The molecule has 0 aliphatic heterocycles. The molecule has 666 valence electrons. The Bertz CT molecular complexity index is 2910. The van der Waals surface area contributed by atoms with E-state index in [1.54, 1.807) is 0 Å². The van der Waals surface area contributed by atoms with Gasteiger partial charge in [0.2, 0.25) is 0 Å². The molecule has 5 atom stereocenters. The zero-order valence-corrected chi connectivity index (χ0v) is 75.1. The largest absolute Gasteiger partial charge is 0.472 e. The van der Waals surface area contributed by atoms with Gasteiger partial charge in [-0.3, -0.25) is 32.5 Å². The van der Waals surface area contributed by atoms with Crippen LogP contribution in [0.4, 0.5) is 0 Å². The Hall–Kier alpha value is -5.61. The van der Waals surface area contributed by atoms with Crippen molar-refractivity contribution < 1.29 is 75.8 Å². The van der Waals surface area contributed by atoms with Crippen molar-refractivity contribution in [1.29, 1.82) is 0 Å².